The van der Waals surface area contributed by atoms with E-state index in [1.54, 1.807) is 0 Å². The lowest BCUT2D eigenvalue weighted by Crippen LogP contribution is -2.16. The smallest absolute Gasteiger partial charge is 0.226 e. The molecule has 0 saturated carbocycles. The molecule has 3 nitrogen and oxygen atoms in total. The third kappa shape index (κ3) is 4.60. The quantitative estimate of drug-likeness (QED) is 0.802. The number of carbonyl (C=O) groups excluding carboxylic acids is 1. The third-order valence-electron chi connectivity index (χ3n) is 3.49. The molecule has 2 rings (SSSR count). The zero-order chi connectivity index (χ0) is 16.1. The number of halogens is 1. The standard InChI is InChI=1S/C18H21BrN2O/c1-12-4-7-17(14(3)10-12)20-9-8-18(22)21-15-5-6-16(19)13(2)11-15/h4-7,10-11,20H,8-9H2,1-3H3,(H,21,22). The first-order chi connectivity index (χ1) is 10.5. The normalized spacial score (nSPS) is 10.4. The average Bonchev–Trinajstić information content (AvgIpc) is 2.45. The van der Waals surface area contributed by atoms with Crippen LogP contribution in [0.15, 0.2) is 40.9 Å². The van der Waals surface area contributed by atoms with Crippen LogP contribution in [-0.4, -0.2) is 12.5 Å². The average molecular weight is 361 g/mol. The minimum Gasteiger partial charge on any atom is -0.384 e. The summed E-state index contributed by atoms with van der Waals surface area (Å²) in [4.78, 5) is 12.0. The molecule has 0 atom stereocenters. The molecule has 0 aliphatic heterocycles. The molecule has 4 heteroatoms. The van der Waals surface area contributed by atoms with E-state index in [1.165, 1.54) is 11.1 Å². The van der Waals surface area contributed by atoms with Gasteiger partial charge in [-0.1, -0.05) is 33.6 Å². The first kappa shape index (κ1) is 16.6. The van der Waals surface area contributed by atoms with Gasteiger partial charge in [-0.2, -0.15) is 0 Å². The summed E-state index contributed by atoms with van der Waals surface area (Å²) in [6, 6.07) is 12.1. The molecular formula is C18H21BrN2O. The van der Waals surface area contributed by atoms with Crippen LogP contribution < -0.4 is 10.6 Å². The van der Waals surface area contributed by atoms with Crippen molar-refractivity contribution in [3.63, 3.8) is 0 Å². The van der Waals surface area contributed by atoms with Gasteiger partial charge in [-0.25, -0.2) is 0 Å². The Kier molecular flexibility index (Phi) is 5.61. The number of anilines is 2. The number of amides is 1. The predicted octanol–water partition coefficient (Wildman–Crippen LogP) is 4.82. The SMILES string of the molecule is Cc1ccc(NCCC(=O)Nc2ccc(Br)c(C)c2)c(C)c1. The zero-order valence-electron chi connectivity index (χ0n) is 13.2. The molecule has 0 saturated heterocycles. The summed E-state index contributed by atoms with van der Waals surface area (Å²) in [5.41, 5.74) is 5.46. The molecule has 0 unspecified atom stereocenters. The molecule has 22 heavy (non-hydrogen) atoms. The highest BCUT2D eigenvalue weighted by molar-refractivity contribution is 9.10. The van der Waals surface area contributed by atoms with Crippen molar-refractivity contribution >= 4 is 33.2 Å². The maximum atomic E-state index is 12.0. The summed E-state index contributed by atoms with van der Waals surface area (Å²) in [7, 11) is 0. The van der Waals surface area contributed by atoms with Gasteiger partial charge in [0.05, 0.1) is 0 Å². The molecule has 116 valence electrons. The predicted molar refractivity (Wildman–Crippen MR) is 96.5 cm³/mol. The first-order valence-corrected chi connectivity index (χ1v) is 8.12. The number of benzene rings is 2. The van der Waals surface area contributed by atoms with E-state index in [0.717, 1.165) is 21.4 Å². The highest BCUT2D eigenvalue weighted by Crippen LogP contribution is 2.20. The fourth-order valence-electron chi connectivity index (χ4n) is 2.27. The van der Waals surface area contributed by atoms with Crippen LogP contribution in [0.4, 0.5) is 11.4 Å². The van der Waals surface area contributed by atoms with E-state index in [-0.39, 0.29) is 5.91 Å². The van der Waals surface area contributed by atoms with Crippen LogP contribution in [0.5, 0.6) is 0 Å². The third-order valence-corrected chi connectivity index (χ3v) is 4.38. The maximum Gasteiger partial charge on any atom is 0.226 e. The van der Waals surface area contributed by atoms with E-state index < -0.39 is 0 Å². The van der Waals surface area contributed by atoms with Crippen molar-refractivity contribution in [2.45, 2.75) is 27.2 Å². The molecule has 0 fully saturated rings. The van der Waals surface area contributed by atoms with Crippen LogP contribution in [0.25, 0.3) is 0 Å². The van der Waals surface area contributed by atoms with Crippen LogP contribution in [0.3, 0.4) is 0 Å². The van der Waals surface area contributed by atoms with Crippen molar-refractivity contribution in [1.29, 1.82) is 0 Å². The Morgan fingerprint density at radius 3 is 2.50 bits per heavy atom. The van der Waals surface area contributed by atoms with E-state index in [4.69, 9.17) is 0 Å². The van der Waals surface area contributed by atoms with Gasteiger partial charge in [-0.05, 0) is 56.2 Å². The Morgan fingerprint density at radius 1 is 1.05 bits per heavy atom. The molecule has 0 aliphatic rings. The number of nitrogens with one attached hydrogen (secondary N) is 2. The lowest BCUT2D eigenvalue weighted by atomic mass is 10.1. The summed E-state index contributed by atoms with van der Waals surface area (Å²) in [5, 5.41) is 6.23. The lowest BCUT2D eigenvalue weighted by Gasteiger charge is -2.11. The molecule has 2 aromatic carbocycles. The number of rotatable bonds is 5. The minimum atomic E-state index is 0.0130. The van der Waals surface area contributed by atoms with Gasteiger partial charge in [-0.15, -0.1) is 0 Å². The van der Waals surface area contributed by atoms with Crippen LogP contribution >= 0.6 is 15.9 Å². The molecule has 1 amide bonds. The van der Waals surface area contributed by atoms with E-state index >= 15 is 0 Å². The van der Waals surface area contributed by atoms with Crippen LogP contribution in [-0.2, 0) is 4.79 Å². The second-order valence-electron chi connectivity index (χ2n) is 5.51. The molecular weight excluding hydrogens is 340 g/mol. The second kappa shape index (κ2) is 7.45. The van der Waals surface area contributed by atoms with E-state index in [9.17, 15) is 4.79 Å². The number of hydrogen-bond acceptors (Lipinski definition) is 2. The van der Waals surface area contributed by atoms with Gasteiger partial charge in [0.2, 0.25) is 5.91 Å². The summed E-state index contributed by atoms with van der Waals surface area (Å²) in [6.07, 6.45) is 0.433. The first-order valence-electron chi connectivity index (χ1n) is 7.33. The maximum absolute atomic E-state index is 12.0. The molecule has 0 bridgehead atoms. The fraction of sp³-hybridized carbons (Fsp3) is 0.278. The van der Waals surface area contributed by atoms with E-state index in [1.807, 2.05) is 25.1 Å². The van der Waals surface area contributed by atoms with Crippen molar-refractivity contribution in [3.8, 4) is 0 Å². The van der Waals surface area contributed by atoms with E-state index in [2.05, 4.69) is 58.6 Å². The van der Waals surface area contributed by atoms with Crippen LogP contribution in [0, 0.1) is 20.8 Å². The molecule has 0 aliphatic carbocycles. The van der Waals surface area contributed by atoms with Crippen LogP contribution in [0.2, 0.25) is 0 Å². The monoisotopic (exact) mass is 360 g/mol. The molecule has 2 N–H and O–H groups in total. The lowest BCUT2D eigenvalue weighted by molar-refractivity contribution is -0.115. The Hall–Kier alpha value is -1.81. The van der Waals surface area contributed by atoms with E-state index in [0.29, 0.717) is 13.0 Å². The topological polar surface area (TPSA) is 41.1 Å². The Labute approximate surface area is 140 Å². The zero-order valence-corrected chi connectivity index (χ0v) is 14.8. The number of hydrogen-bond donors (Lipinski definition) is 2. The number of aryl methyl sites for hydroxylation is 3. The molecule has 2 aromatic rings. The van der Waals surface area contributed by atoms with Gasteiger partial charge < -0.3 is 10.6 Å². The fourth-order valence-corrected chi connectivity index (χ4v) is 2.52. The summed E-state index contributed by atoms with van der Waals surface area (Å²) >= 11 is 3.45. The van der Waals surface area contributed by atoms with Crippen molar-refractivity contribution in [3.05, 3.63) is 57.6 Å². The van der Waals surface area contributed by atoms with Crippen molar-refractivity contribution in [2.24, 2.45) is 0 Å². The van der Waals surface area contributed by atoms with Crippen molar-refractivity contribution in [2.75, 3.05) is 17.2 Å². The van der Waals surface area contributed by atoms with Gasteiger partial charge in [0.1, 0.15) is 0 Å². The second-order valence-corrected chi connectivity index (χ2v) is 6.36. The van der Waals surface area contributed by atoms with Gasteiger partial charge in [0.25, 0.3) is 0 Å². The molecule has 0 radical (unpaired) electrons. The highest BCUT2D eigenvalue weighted by atomic mass is 79.9. The molecule has 0 heterocycles. The Morgan fingerprint density at radius 2 is 1.82 bits per heavy atom. The van der Waals surface area contributed by atoms with Gasteiger partial charge in [-0.3, -0.25) is 4.79 Å². The van der Waals surface area contributed by atoms with Crippen molar-refractivity contribution < 1.29 is 4.79 Å². The minimum absolute atomic E-state index is 0.0130. The summed E-state index contributed by atoms with van der Waals surface area (Å²) < 4.78 is 1.04. The van der Waals surface area contributed by atoms with Crippen LogP contribution in [0.1, 0.15) is 23.1 Å². The van der Waals surface area contributed by atoms with Gasteiger partial charge >= 0.3 is 0 Å². The number of carbonyl (C=O) groups is 1. The Bertz CT molecular complexity index is 683. The van der Waals surface area contributed by atoms with Gasteiger partial charge in [0.15, 0.2) is 0 Å². The summed E-state index contributed by atoms with van der Waals surface area (Å²) in [6.45, 7) is 6.76. The Balaban J connectivity index is 1.83. The molecule has 0 aromatic heterocycles. The summed E-state index contributed by atoms with van der Waals surface area (Å²) in [5.74, 6) is 0.0130. The largest absolute Gasteiger partial charge is 0.384 e. The van der Waals surface area contributed by atoms with Gasteiger partial charge in [0, 0.05) is 28.8 Å². The highest BCUT2D eigenvalue weighted by Gasteiger charge is 2.04. The van der Waals surface area contributed by atoms with Crippen molar-refractivity contribution in [1.82, 2.24) is 0 Å². The molecule has 0 spiro atoms.